The van der Waals surface area contributed by atoms with Crippen LogP contribution in [0.15, 0.2) is 30.3 Å². The van der Waals surface area contributed by atoms with Crippen LogP contribution in [-0.2, 0) is 4.79 Å². The van der Waals surface area contributed by atoms with Gasteiger partial charge in [0.05, 0.1) is 6.10 Å². The highest BCUT2D eigenvalue weighted by Crippen LogP contribution is 2.10. The first-order valence-corrected chi connectivity index (χ1v) is 5.83. The molecule has 0 fully saturated rings. The predicted molar refractivity (Wildman–Crippen MR) is 64.4 cm³/mol. The molecule has 2 N–H and O–H groups in total. The molecule has 88 valence electrons. The van der Waals surface area contributed by atoms with Crippen molar-refractivity contribution in [3.05, 3.63) is 35.9 Å². The van der Waals surface area contributed by atoms with Crippen molar-refractivity contribution < 1.29 is 9.90 Å². The molecule has 1 amide bonds. The number of halogens is 1. The third-order valence-electron chi connectivity index (χ3n) is 2.21. The van der Waals surface area contributed by atoms with E-state index in [0.717, 1.165) is 5.56 Å². The van der Waals surface area contributed by atoms with Gasteiger partial charge in [-0.1, -0.05) is 30.3 Å². The molecule has 1 rings (SSSR count). The maximum absolute atomic E-state index is 11.3. The van der Waals surface area contributed by atoms with E-state index in [4.69, 9.17) is 11.6 Å². The molecule has 0 aromatic heterocycles. The van der Waals surface area contributed by atoms with Crippen LogP contribution in [-0.4, -0.2) is 23.4 Å². The number of rotatable bonds is 6. The van der Waals surface area contributed by atoms with Crippen LogP contribution in [0, 0.1) is 0 Å². The molecule has 0 spiro atoms. The van der Waals surface area contributed by atoms with Gasteiger partial charge >= 0.3 is 0 Å². The molecule has 1 aromatic rings. The van der Waals surface area contributed by atoms with E-state index in [1.165, 1.54) is 0 Å². The molecular formula is C12H16ClNO2. The van der Waals surface area contributed by atoms with Gasteiger partial charge in [-0.3, -0.25) is 4.79 Å². The Balaban J connectivity index is 2.30. The molecule has 1 unspecified atom stereocenters. The summed E-state index contributed by atoms with van der Waals surface area (Å²) < 4.78 is 0. The quantitative estimate of drug-likeness (QED) is 0.747. The number of hydrogen-bond acceptors (Lipinski definition) is 2. The van der Waals surface area contributed by atoms with Gasteiger partial charge in [0.15, 0.2) is 0 Å². The molecule has 0 aliphatic heterocycles. The van der Waals surface area contributed by atoms with E-state index in [1.807, 2.05) is 30.3 Å². The van der Waals surface area contributed by atoms with Crippen LogP contribution < -0.4 is 5.32 Å². The number of alkyl halides is 1. The van der Waals surface area contributed by atoms with E-state index in [1.54, 1.807) is 0 Å². The average molecular weight is 242 g/mol. The van der Waals surface area contributed by atoms with Crippen LogP contribution in [0.1, 0.15) is 24.5 Å². The number of aliphatic hydroxyl groups excluding tert-OH is 1. The molecule has 0 aliphatic carbocycles. The maximum atomic E-state index is 11.3. The van der Waals surface area contributed by atoms with Gasteiger partial charge in [-0.15, -0.1) is 11.6 Å². The van der Waals surface area contributed by atoms with Crippen LogP contribution >= 0.6 is 11.6 Å². The Labute approximate surface area is 100 Å². The zero-order chi connectivity index (χ0) is 11.8. The highest BCUT2D eigenvalue weighted by atomic mass is 35.5. The highest BCUT2D eigenvalue weighted by Gasteiger charge is 2.08. The molecule has 1 aromatic carbocycles. The standard InChI is InChI=1S/C12H16ClNO2/c13-8-4-7-12(16)14-9-11(15)10-5-2-1-3-6-10/h1-3,5-6,11,15H,4,7-9H2,(H,14,16). The zero-order valence-electron chi connectivity index (χ0n) is 9.03. The summed E-state index contributed by atoms with van der Waals surface area (Å²) >= 11 is 5.47. The fourth-order valence-electron chi connectivity index (χ4n) is 1.32. The minimum Gasteiger partial charge on any atom is -0.387 e. The molecule has 4 heteroatoms. The van der Waals surface area contributed by atoms with Crippen LogP contribution in [0.3, 0.4) is 0 Å². The van der Waals surface area contributed by atoms with Crippen LogP contribution in [0.4, 0.5) is 0 Å². The summed E-state index contributed by atoms with van der Waals surface area (Å²) in [5.74, 6) is 0.407. The second-order valence-electron chi connectivity index (χ2n) is 3.52. The van der Waals surface area contributed by atoms with Crippen molar-refractivity contribution in [3.63, 3.8) is 0 Å². The van der Waals surface area contributed by atoms with E-state index in [0.29, 0.717) is 18.7 Å². The second-order valence-corrected chi connectivity index (χ2v) is 3.90. The van der Waals surface area contributed by atoms with E-state index in [9.17, 15) is 9.90 Å². The number of carbonyl (C=O) groups is 1. The summed E-state index contributed by atoms with van der Waals surface area (Å²) in [6.45, 7) is 0.241. The van der Waals surface area contributed by atoms with Gasteiger partial charge in [0.1, 0.15) is 0 Å². The molecule has 0 bridgehead atoms. The summed E-state index contributed by atoms with van der Waals surface area (Å²) in [5.41, 5.74) is 0.806. The molecule has 0 saturated heterocycles. The van der Waals surface area contributed by atoms with E-state index in [2.05, 4.69) is 5.32 Å². The normalized spacial score (nSPS) is 12.1. The lowest BCUT2D eigenvalue weighted by atomic mass is 10.1. The summed E-state index contributed by atoms with van der Waals surface area (Å²) in [7, 11) is 0. The summed E-state index contributed by atoms with van der Waals surface area (Å²) in [6.07, 6.45) is 0.418. The SMILES string of the molecule is O=C(CCCCl)NCC(O)c1ccccc1. The largest absolute Gasteiger partial charge is 0.387 e. The van der Waals surface area contributed by atoms with E-state index < -0.39 is 6.10 Å². The number of nitrogens with one attached hydrogen (secondary N) is 1. The Morgan fingerprint density at radius 3 is 2.69 bits per heavy atom. The molecule has 3 nitrogen and oxygen atoms in total. The Morgan fingerprint density at radius 1 is 1.38 bits per heavy atom. The summed E-state index contributed by atoms with van der Waals surface area (Å²) in [4.78, 5) is 11.3. The Kier molecular flexibility index (Phi) is 5.90. The number of amides is 1. The average Bonchev–Trinajstić information content (AvgIpc) is 2.34. The lowest BCUT2D eigenvalue weighted by molar-refractivity contribution is -0.121. The van der Waals surface area contributed by atoms with Crippen molar-refractivity contribution in [2.24, 2.45) is 0 Å². The van der Waals surface area contributed by atoms with Crippen LogP contribution in [0.2, 0.25) is 0 Å². The third-order valence-corrected chi connectivity index (χ3v) is 2.48. The molecule has 16 heavy (non-hydrogen) atoms. The van der Waals surface area contributed by atoms with Crippen molar-refractivity contribution in [1.29, 1.82) is 0 Å². The van der Waals surface area contributed by atoms with E-state index >= 15 is 0 Å². The van der Waals surface area contributed by atoms with Gasteiger partial charge in [0.25, 0.3) is 0 Å². The first kappa shape index (κ1) is 13.0. The molecular weight excluding hydrogens is 226 g/mol. The Bertz CT molecular complexity index is 316. The van der Waals surface area contributed by atoms with Gasteiger partial charge in [0, 0.05) is 18.8 Å². The highest BCUT2D eigenvalue weighted by molar-refractivity contribution is 6.17. The van der Waals surface area contributed by atoms with E-state index in [-0.39, 0.29) is 12.5 Å². The summed E-state index contributed by atoms with van der Waals surface area (Å²) in [6, 6.07) is 9.25. The lowest BCUT2D eigenvalue weighted by Gasteiger charge is -2.11. The fourth-order valence-corrected chi connectivity index (χ4v) is 1.45. The molecule has 0 aliphatic rings. The van der Waals surface area contributed by atoms with Gasteiger partial charge < -0.3 is 10.4 Å². The molecule has 1 atom stereocenters. The smallest absolute Gasteiger partial charge is 0.220 e. The monoisotopic (exact) mass is 241 g/mol. The van der Waals surface area contributed by atoms with Crippen molar-refractivity contribution in [1.82, 2.24) is 5.32 Å². The molecule has 0 radical (unpaired) electrons. The molecule has 0 saturated carbocycles. The van der Waals surface area contributed by atoms with Crippen molar-refractivity contribution in [2.45, 2.75) is 18.9 Å². The van der Waals surface area contributed by atoms with Crippen molar-refractivity contribution >= 4 is 17.5 Å². The van der Waals surface area contributed by atoms with Crippen molar-refractivity contribution in [2.75, 3.05) is 12.4 Å². The maximum Gasteiger partial charge on any atom is 0.220 e. The van der Waals surface area contributed by atoms with Crippen LogP contribution in [0.25, 0.3) is 0 Å². The fraction of sp³-hybridized carbons (Fsp3) is 0.417. The zero-order valence-corrected chi connectivity index (χ0v) is 9.78. The summed E-state index contributed by atoms with van der Waals surface area (Å²) in [5, 5.41) is 12.4. The number of aliphatic hydroxyl groups is 1. The third kappa shape index (κ3) is 4.64. The van der Waals surface area contributed by atoms with Gasteiger partial charge in [0.2, 0.25) is 5.91 Å². The minimum atomic E-state index is -0.652. The Morgan fingerprint density at radius 2 is 2.06 bits per heavy atom. The van der Waals surface area contributed by atoms with Gasteiger partial charge in [-0.2, -0.15) is 0 Å². The predicted octanol–water partition coefficient (Wildman–Crippen LogP) is 1.86. The first-order valence-electron chi connectivity index (χ1n) is 5.29. The van der Waals surface area contributed by atoms with Crippen LogP contribution in [0.5, 0.6) is 0 Å². The van der Waals surface area contributed by atoms with Gasteiger partial charge in [-0.05, 0) is 12.0 Å². The Hall–Kier alpha value is -1.06. The number of carbonyl (C=O) groups excluding carboxylic acids is 1. The molecule has 0 heterocycles. The minimum absolute atomic E-state index is 0.0735. The second kappa shape index (κ2) is 7.25. The first-order chi connectivity index (χ1) is 7.74. The topological polar surface area (TPSA) is 49.3 Å². The van der Waals surface area contributed by atoms with Gasteiger partial charge in [-0.25, -0.2) is 0 Å². The number of benzene rings is 1. The lowest BCUT2D eigenvalue weighted by Crippen LogP contribution is -2.28. The number of hydrogen-bond donors (Lipinski definition) is 2. The van der Waals surface area contributed by atoms with Crippen molar-refractivity contribution in [3.8, 4) is 0 Å².